The molecule has 5 heteroatoms. The summed E-state index contributed by atoms with van der Waals surface area (Å²) in [5.74, 6) is -2.35. The summed E-state index contributed by atoms with van der Waals surface area (Å²) < 4.78 is 4.78. The molecule has 5 nitrogen and oxygen atoms in total. The van der Waals surface area contributed by atoms with Gasteiger partial charge in [0.05, 0.1) is 6.61 Å². The smallest absolute Gasteiger partial charge is 0.374 e. The molecule has 0 aromatic heterocycles. The van der Waals surface area contributed by atoms with Crippen molar-refractivity contribution in [1.82, 2.24) is 0 Å². The SMILES string of the molecule is O=C(O)CCCOC(=O)C(=O)CCCCc1ccc(C2=CCCC=C2)cc1. The van der Waals surface area contributed by atoms with E-state index in [1.807, 2.05) is 0 Å². The molecule has 0 atom stereocenters. The Morgan fingerprint density at radius 2 is 1.74 bits per heavy atom. The summed E-state index contributed by atoms with van der Waals surface area (Å²) >= 11 is 0. The second-order valence-electron chi connectivity index (χ2n) is 6.60. The van der Waals surface area contributed by atoms with E-state index < -0.39 is 17.7 Å². The Kier molecular flexibility index (Phi) is 8.49. The first-order valence-corrected chi connectivity index (χ1v) is 9.44. The molecule has 1 aromatic rings. The average Bonchev–Trinajstić information content (AvgIpc) is 2.69. The number of ketones is 1. The highest BCUT2D eigenvalue weighted by atomic mass is 16.5. The zero-order valence-corrected chi connectivity index (χ0v) is 15.5. The number of hydrogen-bond acceptors (Lipinski definition) is 4. The van der Waals surface area contributed by atoms with Gasteiger partial charge < -0.3 is 9.84 Å². The summed E-state index contributed by atoms with van der Waals surface area (Å²) in [6.07, 6.45) is 11.4. The summed E-state index contributed by atoms with van der Waals surface area (Å²) in [4.78, 5) is 33.6. The summed E-state index contributed by atoms with van der Waals surface area (Å²) in [5, 5.41) is 8.49. The van der Waals surface area contributed by atoms with E-state index >= 15 is 0 Å². The van der Waals surface area contributed by atoms with Gasteiger partial charge in [0.15, 0.2) is 0 Å². The van der Waals surface area contributed by atoms with E-state index in [9.17, 15) is 14.4 Å². The van der Waals surface area contributed by atoms with Crippen molar-refractivity contribution >= 4 is 23.3 Å². The molecule has 1 aliphatic carbocycles. The number of carboxylic acid groups (broad SMARTS) is 1. The molecule has 0 amide bonds. The molecule has 0 saturated carbocycles. The molecule has 1 aliphatic rings. The highest BCUT2D eigenvalue weighted by molar-refractivity contribution is 6.33. The second-order valence-corrected chi connectivity index (χ2v) is 6.60. The number of esters is 1. The van der Waals surface area contributed by atoms with Gasteiger partial charge in [-0.25, -0.2) is 4.79 Å². The number of carbonyl (C=O) groups is 3. The van der Waals surface area contributed by atoms with E-state index in [1.165, 1.54) is 16.7 Å². The van der Waals surface area contributed by atoms with Crippen LogP contribution >= 0.6 is 0 Å². The summed E-state index contributed by atoms with van der Waals surface area (Å²) in [6.45, 7) is -0.0329. The molecule has 0 saturated heterocycles. The first-order valence-electron chi connectivity index (χ1n) is 9.44. The molecule has 27 heavy (non-hydrogen) atoms. The van der Waals surface area contributed by atoms with Gasteiger partial charge >= 0.3 is 11.9 Å². The first kappa shape index (κ1) is 20.6. The van der Waals surface area contributed by atoms with Gasteiger partial charge in [0.25, 0.3) is 0 Å². The summed E-state index contributed by atoms with van der Waals surface area (Å²) in [5.41, 5.74) is 3.69. The molecular weight excluding hydrogens is 344 g/mol. The van der Waals surface area contributed by atoms with Crippen molar-refractivity contribution in [1.29, 1.82) is 0 Å². The van der Waals surface area contributed by atoms with Crippen molar-refractivity contribution in [2.45, 2.75) is 51.4 Å². The topological polar surface area (TPSA) is 80.7 Å². The van der Waals surface area contributed by atoms with Gasteiger partial charge in [-0.2, -0.15) is 0 Å². The molecule has 1 N–H and O–H groups in total. The lowest BCUT2D eigenvalue weighted by atomic mass is 9.97. The van der Waals surface area contributed by atoms with Gasteiger partial charge in [-0.1, -0.05) is 42.5 Å². The number of Topliss-reactive ketones (excluding diaryl/α,β-unsaturated/α-hetero) is 1. The highest BCUT2D eigenvalue weighted by Gasteiger charge is 2.14. The van der Waals surface area contributed by atoms with E-state index in [4.69, 9.17) is 9.84 Å². The number of allylic oxidation sites excluding steroid dienone is 4. The average molecular weight is 370 g/mol. The van der Waals surface area contributed by atoms with Gasteiger partial charge in [0.1, 0.15) is 0 Å². The minimum absolute atomic E-state index is 0.0329. The lowest BCUT2D eigenvalue weighted by Gasteiger charge is -2.08. The van der Waals surface area contributed by atoms with Crippen molar-refractivity contribution in [3.8, 4) is 0 Å². The fraction of sp³-hybridized carbons (Fsp3) is 0.409. The molecular formula is C22H26O5. The Balaban J connectivity index is 1.63. The van der Waals surface area contributed by atoms with Gasteiger partial charge in [0, 0.05) is 12.8 Å². The van der Waals surface area contributed by atoms with Crippen molar-refractivity contribution in [2.24, 2.45) is 0 Å². The minimum Gasteiger partial charge on any atom is -0.481 e. The Morgan fingerprint density at radius 3 is 2.41 bits per heavy atom. The van der Waals surface area contributed by atoms with Crippen molar-refractivity contribution in [3.05, 3.63) is 53.6 Å². The van der Waals surface area contributed by atoms with Gasteiger partial charge in [-0.05, 0) is 55.2 Å². The van der Waals surface area contributed by atoms with Gasteiger partial charge in [-0.3, -0.25) is 9.59 Å². The van der Waals surface area contributed by atoms with Crippen LogP contribution in [0.15, 0.2) is 42.5 Å². The number of carboxylic acids is 1. The van der Waals surface area contributed by atoms with Crippen LogP contribution < -0.4 is 0 Å². The maximum absolute atomic E-state index is 11.7. The monoisotopic (exact) mass is 370 g/mol. The van der Waals surface area contributed by atoms with Crippen LogP contribution in [-0.2, 0) is 25.5 Å². The Morgan fingerprint density at radius 1 is 0.963 bits per heavy atom. The van der Waals surface area contributed by atoms with Crippen molar-refractivity contribution < 1.29 is 24.2 Å². The van der Waals surface area contributed by atoms with Crippen LogP contribution in [0.2, 0.25) is 0 Å². The first-order chi connectivity index (χ1) is 13.1. The molecule has 0 spiro atoms. The van der Waals surface area contributed by atoms with Crippen LogP contribution in [0.4, 0.5) is 0 Å². The van der Waals surface area contributed by atoms with E-state index in [2.05, 4.69) is 42.5 Å². The number of aliphatic carboxylic acids is 1. The van der Waals surface area contributed by atoms with Crippen LogP contribution in [-0.4, -0.2) is 29.4 Å². The minimum atomic E-state index is -0.947. The quantitative estimate of drug-likeness (QED) is 0.360. The van der Waals surface area contributed by atoms with Crippen molar-refractivity contribution in [2.75, 3.05) is 6.61 Å². The van der Waals surface area contributed by atoms with Crippen molar-refractivity contribution in [3.63, 3.8) is 0 Å². The molecule has 0 bridgehead atoms. The predicted molar refractivity (Wildman–Crippen MR) is 103 cm³/mol. The second kappa shape index (κ2) is 11.1. The van der Waals surface area contributed by atoms with Crippen LogP contribution in [0.3, 0.4) is 0 Å². The molecule has 0 fully saturated rings. The number of aryl methyl sites for hydroxylation is 1. The normalized spacial score (nSPS) is 13.1. The molecule has 0 heterocycles. The summed E-state index contributed by atoms with van der Waals surface area (Å²) in [7, 11) is 0. The number of benzene rings is 1. The third-order valence-corrected chi connectivity index (χ3v) is 4.40. The highest BCUT2D eigenvalue weighted by Crippen LogP contribution is 2.22. The third kappa shape index (κ3) is 7.60. The van der Waals surface area contributed by atoms with E-state index in [-0.39, 0.29) is 25.9 Å². The molecule has 0 unspecified atom stereocenters. The lowest BCUT2D eigenvalue weighted by molar-refractivity contribution is -0.154. The van der Waals surface area contributed by atoms with Gasteiger partial charge in [0.2, 0.25) is 5.78 Å². The number of unbranched alkanes of at least 4 members (excludes halogenated alkanes) is 1. The fourth-order valence-corrected chi connectivity index (χ4v) is 2.88. The number of ether oxygens (including phenoxy) is 1. The molecule has 1 aromatic carbocycles. The van der Waals surface area contributed by atoms with Crippen LogP contribution in [0, 0.1) is 0 Å². The van der Waals surface area contributed by atoms with Crippen LogP contribution in [0.1, 0.15) is 56.1 Å². The lowest BCUT2D eigenvalue weighted by Crippen LogP contribution is -2.18. The van der Waals surface area contributed by atoms with E-state index in [1.54, 1.807) is 0 Å². The maximum atomic E-state index is 11.7. The van der Waals surface area contributed by atoms with Crippen LogP contribution in [0.5, 0.6) is 0 Å². The number of rotatable bonds is 11. The number of carbonyl (C=O) groups excluding carboxylic acids is 2. The standard InChI is InChI=1S/C22H26O5/c23-20(22(26)27-16-6-11-21(24)25)10-5-4-7-17-12-14-19(15-13-17)18-8-2-1-3-9-18/h2,8-9,12-15H,1,3-7,10-11,16H2,(H,24,25). The van der Waals surface area contributed by atoms with Gasteiger partial charge in [-0.15, -0.1) is 0 Å². The molecule has 0 aliphatic heterocycles. The largest absolute Gasteiger partial charge is 0.481 e. The zero-order chi connectivity index (χ0) is 19.5. The molecule has 0 radical (unpaired) electrons. The Bertz CT molecular complexity index is 713. The van der Waals surface area contributed by atoms with E-state index in [0.29, 0.717) is 6.42 Å². The molecule has 144 valence electrons. The fourth-order valence-electron chi connectivity index (χ4n) is 2.88. The predicted octanol–water partition coefficient (Wildman–Crippen LogP) is 4.11. The maximum Gasteiger partial charge on any atom is 0.374 e. The summed E-state index contributed by atoms with van der Waals surface area (Å²) in [6, 6.07) is 8.46. The Labute approximate surface area is 159 Å². The van der Waals surface area contributed by atoms with Crippen LogP contribution in [0.25, 0.3) is 5.57 Å². The third-order valence-electron chi connectivity index (χ3n) is 4.40. The number of hydrogen-bond donors (Lipinski definition) is 1. The Hall–Kier alpha value is -2.69. The zero-order valence-electron chi connectivity index (χ0n) is 15.5. The van der Waals surface area contributed by atoms with E-state index in [0.717, 1.165) is 25.7 Å². The molecule has 2 rings (SSSR count).